The highest BCUT2D eigenvalue weighted by Crippen LogP contribution is 2.41. The second kappa shape index (κ2) is 8.43. The highest BCUT2D eigenvalue weighted by molar-refractivity contribution is 5.90. The predicted molar refractivity (Wildman–Crippen MR) is 103 cm³/mol. The molecule has 0 unspecified atom stereocenters. The molecule has 0 saturated carbocycles. The van der Waals surface area contributed by atoms with Crippen molar-refractivity contribution in [1.29, 1.82) is 0 Å². The summed E-state index contributed by atoms with van der Waals surface area (Å²) in [5.74, 6) is 1.34. The summed E-state index contributed by atoms with van der Waals surface area (Å²) >= 11 is 0. The zero-order valence-electron chi connectivity index (χ0n) is 16.1. The van der Waals surface area contributed by atoms with Crippen molar-refractivity contribution in [3.05, 3.63) is 47.5 Å². The van der Waals surface area contributed by atoms with Gasteiger partial charge in [-0.1, -0.05) is 34.9 Å². The van der Waals surface area contributed by atoms with E-state index in [1.54, 1.807) is 12.1 Å². The van der Waals surface area contributed by atoms with Crippen molar-refractivity contribution in [2.24, 2.45) is 0 Å². The fourth-order valence-corrected chi connectivity index (χ4v) is 2.65. The second-order valence-corrected chi connectivity index (χ2v) is 6.04. The van der Waals surface area contributed by atoms with Crippen LogP contribution in [-0.4, -0.2) is 37.4 Å². The van der Waals surface area contributed by atoms with Crippen molar-refractivity contribution in [3.63, 3.8) is 0 Å². The summed E-state index contributed by atoms with van der Waals surface area (Å²) in [7, 11) is 4.56. The van der Waals surface area contributed by atoms with Crippen LogP contribution in [0, 0.1) is 6.92 Å². The Kier molecular flexibility index (Phi) is 5.78. The summed E-state index contributed by atoms with van der Waals surface area (Å²) in [5, 5.41) is 10.5. The first-order chi connectivity index (χ1) is 13.5. The molecule has 1 N–H and O–H groups in total. The van der Waals surface area contributed by atoms with Gasteiger partial charge in [0.15, 0.2) is 11.5 Å². The first kappa shape index (κ1) is 19.2. The first-order valence-corrected chi connectivity index (χ1v) is 8.53. The molecule has 8 heteroatoms. The fraction of sp³-hybridized carbons (Fsp3) is 0.250. The second-order valence-electron chi connectivity index (χ2n) is 6.04. The summed E-state index contributed by atoms with van der Waals surface area (Å²) < 4.78 is 21.5. The predicted octanol–water partition coefficient (Wildman–Crippen LogP) is 3.25. The van der Waals surface area contributed by atoms with E-state index >= 15 is 0 Å². The van der Waals surface area contributed by atoms with Crippen LogP contribution in [0.4, 0.5) is 6.01 Å². The van der Waals surface area contributed by atoms with Gasteiger partial charge in [-0.25, -0.2) is 0 Å². The molecule has 0 aliphatic heterocycles. The monoisotopic (exact) mass is 383 g/mol. The van der Waals surface area contributed by atoms with Crippen LogP contribution < -0.4 is 19.5 Å². The third-order valence-corrected chi connectivity index (χ3v) is 4.07. The zero-order valence-corrected chi connectivity index (χ0v) is 16.1. The summed E-state index contributed by atoms with van der Waals surface area (Å²) in [4.78, 5) is 12.2. The molecule has 1 amide bonds. The largest absolute Gasteiger partial charge is 0.493 e. The Balaban J connectivity index is 1.76. The number of hydrogen-bond donors (Lipinski definition) is 1. The number of amides is 1. The van der Waals surface area contributed by atoms with Gasteiger partial charge in [-0.3, -0.25) is 10.1 Å². The smallest absolute Gasteiger partial charge is 0.322 e. The van der Waals surface area contributed by atoms with Crippen LogP contribution in [0.2, 0.25) is 0 Å². The van der Waals surface area contributed by atoms with Gasteiger partial charge in [0.1, 0.15) is 0 Å². The van der Waals surface area contributed by atoms with Crippen LogP contribution in [-0.2, 0) is 11.2 Å². The molecular weight excluding hydrogens is 362 g/mol. The Bertz CT molecular complexity index is 941. The number of carbonyl (C=O) groups excluding carboxylic acids is 1. The number of ether oxygens (including phenoxy) is 3. The summed E-state index contributed by atoms with van der Waals surface area (Å²) in [6, 6.07) is 11.1. The highest BCUT2D eigenvalue weighted by Gasteiger charge is 2.18. The number of rotatable bonds is 7. The summed E-state index contributed by atoms with van der Waals surface area (Å²) in [5.41, 5.74) is 2.60. The number of carbonyl (C=O) groups is 1. The number of aromatic nitrogens is 2. The van der Waals surface area contributed by atoms with Crippen LogP contribution in [0.1, 0.15) is 11.1 Å². The molecule has 1 aromatic heterocycles. The number of anilines is 1. The molecule has 2 aromatic carbocycles. The first-order valence-electron chi connectivity index (χ1n) is 8.53. The maximum atomic E-state index is 12.2. The molecule has 1 heterocycles. The Morgan fingerprint density at radius 3 is 2.21 bits per heavy atom. The van der Waals surface area contributed by atoms with Crippen LogP contribution in [0.15, 0.2) is 40.8 Å². The molecule has 146 valence electrons. The van der Waals surface area contributed by atoms with E-state index in [0.29, 0.717) is 22.8 Å². The molecule has 0 aliphatic rings. The fourth-order valence-electron chi connectivity index (χ4n) is 2.65. The minimum atomic E-state index is -0.246. The summed E-state index contributed by atoms with van der Waals surface area (Å²) in [6.45, 7) is 1.99. The van der Waals surface area contributed by atoms with Gasteiger partial charge < -0.3 is 18.6 Å². The standard InChI is InChI=1S/C20H21N3O5/c1-12-5-7-13(8-6-12)9-17(24)21-20-23-22-19(28-20)14-10-15(25-2)18(27-4)16(11-14)26-3/h5-8,10-11H,9H2,1-4H3,(H,21,23,24). The van der Waals surface area contributed by atoms with Crippen molar-refractivity contribution in [2.75, 3.05) is 26.6 Å². The highest BCUT2D eigenvalue weighted by atomic mass is 16.5. The third-order valence-electron chi connectivity index (χ3n) is 4.07. The Labute approximate surface area is 162 Å². The molecule has 0 aliphatic carbocycles. The summed E-state index contributed by atoms with van der Waals surface area (Å²) in [6.07, 6.45) is 0.210. The molecule has 0 radical (unpaired) electrons. The maximum Gasteiger partial charge on any atom is 0.322 e. The van der Waals surface area contributed by atoms with Crippen molar-refractivity contribution in [1.82, 2.24) is 10.2 Å². The Hall–Kier alpha value is -3.55. The minimum Gasteiger partial charge on any atom is -0.493 e. The van der Waals surface area contributed by atoms with Gasteiger partial charge in [0, 0.05) is 5.56 Å². The molecule has 3 aromatic rings. The van der Waals surface area contributed by atoms with Gasteiger partial charge >= 0.3 is 6.01 Å². The number of benzene rings is 2. The van der Waals surface area contributed by atoms with E-state index in [0.717, 1.165) is 11.1 Å². The topological polar surface area (TPSA) is 95.7 Å². The van der Waals surface area contributed by atoms with Gasteiger partial charge in [-0.2, -0.15) is 0 Å². The SMILES string of the molecule is COc1cc(-c2nnc(NC(=O)Cc3ccc(C)cc3)o2)cc(OC)c1OC. The average Bonchev–Trinajstić information content (AvgIpc) is 3.16. The van der Waals surface area contributed by atoms with E-state index in [2.05, 4.69) is 15.5 Å². The number of nitrogens with one attached hydrogen (secondary N) is 1. The zero-order chi connectivity index (χ0) is 20.1. The number of nitrogens with zero attached hydrogens (tertiary/aromatic N) is 2. The minimum absolute atomic E-state index is 0.0147. The quantitative estimate of drug-likeness (QED) is 0.669. The number of aryl methyl sites for hydroxylation is 1. The van der Waals surface area contributed by atoms with Gasteiger partial charge in [0.25, 0.3) is 0 Å². The lowest BCUT2D eigenvalue weighted by molar-refractivity contribution is -0.115. The van der Waals surface area contributed by atoms with Crippen molar-refractivity contribution in [3.8, 4) is 28.7 Å². The molecule has 28 heavy (non-hydrogen) atoms. The van der Waals surface area contributed by atoms with Crippen molar-refractivity contribution < 1.29 is 23.4 Å². The molecule has 0 saturated heterocycles. The molecular formula is C20H21N3O5. The van der Waals surface area contributed by atoms with Crippen LogP contribution in [0.3, 0.4) is 0 Å². The van der Waals surface area contributed by atoms with Crippen LogP contribution >= 0.6 is 0 Å². The van der Waals surface area contributed by atoms with E-state index in [9.17, 15) is 4.79 Å². The molecule has 3 rings (SSSR count). The van der Waals surface area contributed by atoms with E-state index in [4.69, 9.17) is 18.6 Å². The molecule has 8 nitrogen and oxygen atoms in total. The van der Waals surface area contributed by atoms with E-state index in [-0.39, 0.29) is 24.2 Å². The van der Waals surface area contributed by atoms with Crippen LogP contribution in [0.25, 0.3) is 11.5 Å². The van der Waals surface area contributed by atoms with Crippen molar-refractivity contribution in [2.45, 2.75) is 13.3 Å². The van der Waals surface area contributed by atoms with Gasteiger partial charge in [0.2, 0.25) is 17.5 Å². The van der Waals surface area contributed by atoms with Gasteiger partial charge in [-0.15, -0.1) is 5.10 Å². The van der Waals surface area contributed by atoms with Crippen molar-refractivity contribution >= 4 is 11.9 Å². The number of methoxy groups -OCH3 is 3. The lowest BCUT2D eigenvalue weighted by atomic mass is 10.1. The van der Waals surface area contributed by atoms with E-state index < -0.39 is 0 Å². The molecule has 0 spiro atoms. The van der Waals surface area contributed by atoms with E-state index in [1.807, 2.05) is 31.2 Å². The van der Waals surface area contributed by atoms with E-state index in [1.165, 1.54) is 21.3 Å². The van der Waals surface area contributed by atoms with Crippen LogP contribution in [0.5, 0.6) is 17.2 Å². The third kappa shape index (κ3) is 4.22. The van der Waals surface area contributed by atoms with Gasteiger partial charge in [-0.05, 0) is 24.6 Å². The lowest BCUT2D eigenvalue weighted by Crippen LogP contribution is -2.14. The molecule has 0 atom stereocenters. The Morgan fingerprint density at radius 1 is 1.00 bits per heavy atom. The van der Waals surface area contributed by atoms with Gasteiger partial charge in [0.05, 0.1) is 27.8 Å². The number of hydrogen-bond acceptors (Lipinski definition) is 7. The molecule has 0 fully saturated rings. The Morgan fingerprint density at radius 2 is 1.64 bits per heavy atom. The normalized spacial score (nSPS) is 10.4. The molecule has 0 bridgehead atoms. The average molecular weight is 383 g/mol. The lowest BCUT2D eigenvalue weighted by Gasteiger charge is -2.12. The maximum absolute atomic E-state index is 12.2.